The molecule has 0 aliphatic carbocycles. The first-order chi connectivity index (χ1) is 6.08. The third-order valence-corrected chi connectivity index (χ3v) is 1.59. The molecule has 72 valence electrons. The number of nitrogens with zero attached hydrogens (tertiary/aromatic N) is 1. The predicted octanol–water partition coefficient (Wildman–Crippen LogP) is -0.708. The Morgan fingerprint density at radius 3 is 2.38 bits per heavy atom. The lowest BCUT2D eigenvalue weighted by Gasteiger charge is -2.19. The van der Waals surface area contributed by atoms with Gasteiger partial charge in [-0.2, -0.15) is 0 Å². The first-order valence-corrected chi connectivity index (χ1v) is 3.70. The lowest BCUT2D eigenvalue weighted by Crippen LogP contribution is -2.45. The number of likely N-dealkylation sites (N-methyl/N-ethyl adjacent to an activating group) is 1. The van der Waals surface area contributed by atoms with Crippen LogP contribution < -0.4 is 5.32 Å². The van der Waals surface area contributed by atoms with Gasteiger partial charge in [-0.05, 0) is 13.0 Å². The number of nitrogens with one attached hydrogen (secondary N) is 1. The van der Waals surface area contributed by atoms with E-state index in [1.165, 1.54) is 14.0 Å². The molecule has 0 heterocycles. The van der Waals surface area contributed by atoms with Crippen molar-refractivity contribution in [1.29, 1.82) is 0 Å². The molecule has 1 N–H and O–H groups in total. The zero-order valence-electron chi connectivity index (χ0n) is 7.61. The third kappa shape index (κ3) is 2.70. The molecule has 0 saturated heterocycles. The molecule has 1 atom stereocenters. The summed E-state index contributed by atoms with van der Waals surface area (Å²) < 4.78 is 0. The lowest BCUT2D eigenvalue weighted by atomic mass is 10.2. The van der Waals surface area contributed by atoms with Gasteiger partial charge in [0.05, 0.1) is 0 Å². The maximum absolute atomic E-state index is 11.0. The van der Waals surface area contributed by atoms with Crippen LogP contribution in [0.25, 0.3) is 0 Å². The van der Waals surface area contributed by atoms with Gasteiger partial charge >= 0.3 is 0 Å². The van der Waals surface area contributed by atoms with E-state index in [2.05, 4.69) is 11.9 Å². The fourth-order valence-electron chi connectivity index (χ4n) is 0.775. The van der Waals surface area contributed by atoms with Crippen molar-refractivity contribution in [3.8, 4) is 0 Å². The SMILES string of the molecule is C=CC(=O)N(C=O)C(C)C(=O)NC. The Balaban J connectivity index is 4.57. The highest BCUT2D eigenvalue weighted by Crippen LogP contribution is 1.97. The second-order valence-electron chi connectivity index (χ2n) is 2.35. The van der Waals surface area contributed by atoms with Crippen LogP contribution in [-0.4, -0.2) is 36.2 Å². The number of carbonyl (C=O) groups is 3. The molecular formula is C8H12N2O3. The van der Waals surface area contributed by atoms with E-state index in [4.69, 9.17) is 0 Å². The Morgan fingerprint density at radius 2 is 2.08 bits per heavy atom. The minimum atomic E-state index is -0.812. The molecule has 0 rings (SSSR count). The molecule has 0 aromatic heterocycles. The van der Waals surface area contributed by atoms with E-state index < -0.39 is 17.9 Å². The summed E-state index contributed by atoms with van der Waals surface area (Å²) in [5.74, 6) is -0.992. The highest BCUT2D eigenvalue weighted by Gasteiger charge is 2.22. The van der Waals surface area contributed by atoms with Gasteiger partial charge in [0, 0.05) is 7.05 Å². The first-order valence-electron chi connectivity index (χ1n) is 3.70. The summed E-state index contributed by atoms with van der Waals surface area (Å²) in [6.07, 6.45) is 1.29. The Bertz CT molecular complexity index is 238. The van der Waals surface area contributed by atoms with Gasteiger partial charge in [0.25, 0.3) is 5.91 Å². The summed E-state index contributed by atoms with van der Waals surface area (Å²) in [6.45, 7) is 4.67. The van der Waals surface area contributed by atoms with Crippen LogP contribution in [0.1, 0.15) is 6.92 Å². The van der Waals surface area contributed by atoms with Crippen LogP contribution in [0, 0.1) is 0 Å². The number of amides is 3. The number of hydrogen-bond acceptors (Lipinski definition) is 3. The van der Waals surface area contributed by atoms with Crippen LogP contribution in [0.15, 0.2) is 12.7 Å². The summed E-state index contributed by atoms with van der Waals surface area (Å²) in [5.41, 5.74) is 0. The zero-order valence-corrected chi connectivity index (χ0v) is 7.61. The van der Waals surface area contributed by atoms with E-state index in [-0.39, 0.29) is 0 Å². The minimum Gasteiger partial charge on any atom is -0.357 e. The van der Waals surface area contributed by atoms with Crippen LogP contribution >= 0.6 is 0 Å². The third-order valence-electron chi connectivity index (χ3n) is 1.59. The van der Waals surface area contributed by atoms with Crippen LogP contribution in [0.2, 0.25) is 0 Å². The van der Waals surface area contributed by atoms with E-state index >= 15 is 0 Å². The van der Waals surface area contributed by atoms with Crippen LogP contribution in [-0.2, 0) is 14.4 Å². The minimum absolute atomic E-state index is 0.309. The maximum atomic E-state index is 11.0. The van der Waals surface area contributed by atoms with E-state index in [0.717, 1.165) is 11.0 Å². The normalized spacial score (nSPS) is 11.2. The van der Waals surface area contributed by atoms with Gasteiger partial charge < -0.3 is 5.32 Å². The molecule has 0 saturated carbocycles. The van der Waals surface area contributed by atoms with Gasteiger partial charge in [-0.3, -0.25) is 19.3 Å². The Hall–Kier alpha value is -1.65. The Kier molecular flexibility index (Phi) is 4.43. The van der Waals surface area contributed by atoms with Gasteiger partial charge in [0.2, 0.25) is 12.3 Å². The van der Waals surface area contributed by atoms with Crippen molar-refractivity contribution in [3.05, 3.63) is 12.7 Å². The van der Waals surface area contributed by atoms with Crippen molar-refractivity contribution in [2.75, 3.05) is 7.05 Å². The molecule has 13 heavy (non-hydrogen) atoms. The fourth-order valence-corrected chi connectivity index (χ4v) is 0.775. The first kappa shape index (κ1) is 11.4. The van der Waals surface area contributed by atoms with Gasteiger partial charge in [0.1, 0.15) is 6.04 Å². The van der Waals surface area contributed by atoms with Crippen molar-refractivity contribution in [3.63, 3.8) is 0 Å². The number of imide groups is 1. The van der Waals surface area contributed by atoms with E-state index in [1.54, 1.807) is 0 Å². The highest BCUT2D eigenvalue weighted by molar-refractivity contribution is 5.98. The van der Waals surface area contributed by atoms with E-state index in [1.807, 2.05) is 0 Å². The summed E-state index contributed by atoms with van der Waals surface area (Å²) in [7, 11) is 1.43. The monoisotopic (exact) mass is 184 g/mol. The molecule has 0 spiro atoms. The van der Waals surface area contributed by atoms with E-state index in [0.29, 0.717) is 6.41 Å². The van der Waals surface area contributed by atoms with Gasteiger partial charge in [-0.25, -0.2) is 0 Å². The maximum Gasteiger partial charge on any atom is 0.253 e. The van der Waals surface area contributed by atoms with Gasteiger partial charge in [-0.1, -0.05) is 6.58 Å². The Morgan fingerprint density at radius 1 is 1.54 bits per heavy atom. The summed E-state index contributed by atoms with van der Waals surface area (Å²) >= 11 is 0. The average Bonchev–Trinajstić information content (AvgIpc) is 2.17. The molecule has 1 unspecified atom stereocenters. The molecule has 5 nitrogen and oxygen atoms in total. The van der Waals surface area contributed by atoms with Gasteiger partial charge in [-0.15, -0.1) is 0 Å². The summed E-state index contributed by atoms with van der Waals surface area (Å²) in [5, 5.41) is 2.33. The Labute approximate surface area is 76.4 Å². The second kappa shape index (κ2) is 5.08. The molecule has 0 aromatic carbocycles. The lowest BCUT2D eigenvalue weighted by molar-refractivity contribution is -0.142. The van der Waals surface area contributed by atoms with Crippen molar-refractivity contribution in [1.82, 2.24) is 10.2 Å². The highest BCUT2D eigenvalue weighted by atomic mass is 16.2. The topological polar surface area (TPSA) is 66.5 Å². The molecule has 0 aliphatic heterocycles. The predicted molar refractivity (Wildman–Crippen MR) is 46.6 cm³/mol. The van der Waals surface area contributed by atoms with Crippen LogP contribution in [0.4, 0.5) is 0 Å². The molecule has 0 fully saturated rings. The summed E-state index contributed by atoms with van der Waals surface area (Å²) in [6, 6.07) is -0.812. The van der Waals surface area contributed by atoms with E-state index in [9.17, 15) is 14.4 Å². The standard InChI is InChI=1S/C8H12N2O3/c1-4-7(12)10(5-11)6(2)8(13)9-3/h4-6H,1H2,2-3H3,(H,9,13). The number of hydrogen-bond donors (Lipinski definition) is 1. The number of rotatable bonds is 4. The quantitative estimate of drug-likeness (QED) is 0.463. The van der Waals surface area contributed by atoms with Crippen molar-refractivity contribution in [2.45, 2.75) is 13.0 Å². The largest absolute Gasteiger partial charge is 0.357 e. The molecule has 0 bridgehead atoms. The molecule has 0 radical (unpaired) electrons. The summed E-state index contributed by atoms with van der Waals surface area (Å²) in [4.78, 5) is 33.3. The number of carbonyl (C=O) groups excluding carboxylic acids is 3. The van der Waals surface area contributed by atoms with Crippen molar-refractivity contribution >= 4 is 18.2 Å². The van der Waals surface area contributed by atoms with Crippen LogP contribution in [0.3, 0.4) is 0 Å². The molecular weight excluding hydrogens is 172 g/mol. The molecule has 0 aromatic rings. The van der Waals surface area contributed by atoms with Gasteiger partial charge in [0.15, 0.2) is 0 Å². The second-order valence-corrected chi connectivity index (χ2v) is 2.35. The van der Waals surface area contributed by atoms with Crippen LogP contribution in [0.5, 0.6) is 0 Å². The fraction of sp³-hybridized carbons (Fsp3) is 0.375. The molecule has 0 aliphatic rings. The average molecular weight is 184 g/mol. The molecule has 3 amide bonds. The van der Waals surface area contributed by atoms with Crippen molar-refractivity contribution in [2.24, 2.45) is 0 Å². The zero-order chi connectivity index (χ0) is 10.4. The molecule has 5 heteroatoms. The van der Waals surface area contributed by atoms with Crippen molar-refractivity contribution < 1.29 is 14.4 Å². The smallest absolute Gasteiger partial charge is 0.253 e.